The van der Waals surface area contributed by atoms with Gasteiger partial charge in [-0.15, -0.1) is 0 Å². The molecule has 1 saturated carbocycles. The number of benzene rings is 1. The molecule has 1 aromatic carbocycles. The van der Waals surface area contributed by atoms with Gasteiger partial charge in [0.2, 0.25) is 0 Å². The van der Waals surface area contributed by atoms with Crippen LogP contribution in [0.4, 0.5) is 13.2 Å². The molecular formula is C20H25F3N2O4. The highest BCUT2D eigenvalue weighted by Crippen LogP contribution is 2.38. The van der Waals surface area contributed by atoms with Gasteiger partial charge in [0.25, 0.3) is 5.91 Å². The smallest absolute Gasteiger partial charge is 0.387 e. The fourth-order valence-electron chi connectivity index (χ4n) is 3.32. The summed E-state index contributed by atoms with van der Waals surface area (Å²) in [5.41, 5.74) is -0.342. The summed E-state index contributed by atoms with van der Waals surface area (Å²) in [4.78, 5) is 26.2. The van der Waals surface area contributed by atoms with Crippen molar-refractivity contribution in [3.8, 4) is 5.75 Å². The van der Waals surface area contributed by atoms with Gasteiger partial charge in [-0.1, -0.05) is 0 Å². The Hall–Kier alpha value is -2.29. The molecule has 1 aliphatic carbocycles. The van der Waals surface area contributed by atoms with Gasteiger partial charge in [0.05, 0.1) is 6.54 Å². The number of alkyl halides is 2. The molecule has 0 bridgehead atoms. The van der Waals surface area contributed by atoms with Crippen LogP contribution in [-0.4, -0.2) is 55.2 Å². The average molecular weight is 414 g/mol. The van der Waals surface area contributed by atoms with Crippen molar-refractivity contribution in [2.75, 3.05) is 26.2 Å². The Morgan fingerprint density at radius 1 is 1.24 bits per heavy atom. The number of halogens is 3. The minimum Gasteiger partial charge on any atom is -0.458 e. The van der Waals surface area contributed by atoms with E-state index in [-0.39, 0.29) is 29.6 Å². The number of likely N-dealkylation sites (tertiary alicyclic amines) is 1. The van der Waals surface area contributed by atoms with E-state index in [0.29, 0.717) is 6.54 Å². The van der Waals surface area contributed by atoms with Gasteiger partial charge in [0.15, 0.2) is 0 Å². The molecule has 0 spiro atoms. The zero-order valence-electron chi connectivity index (χ0n) is 16.3. The minimum absolute atomic E-state index is 0.0746. The number of ether oxygens (including phenoxy) is 2. The van der Waals surface area contributed by atoms with Crippen molar-refractivity contribution in [3.05, 3.63) is 29.6 Å². The highest BCUT2D eigenvalue weighted by Gasteiger charge is 2.41. The molecule has 0 unspecified atom stereocenters. The van der Waals surface area contributed by atoms with Crippen LogP contribution in [0.3, 0.4) is 0 Å². The fraction of sp³-hybridized carbons (Fsp3) is 0.600. The van der Waals surface area contributed by atoms with E-state index in [9.17, 15) is 22.8 Å². The molecule has 0 radical (unpaired) electrons. The van der Waals surface area contributed by atoms with Crippen molar-refractivity contribution in [1.82, 2.24) is 10.2 Å². The zero-order chi connectivity index (χ0) is 21.0. The van der Waals surface area contributed by atoms with Gasteiger partial charge in [-0.05, 0) is 63.7 Å². The van der Waals surface area contributed by atoms with Gasteiger partial charge < -0.3 is 14.8 Å². The van der Waals surface area contributed by atoms with E-state index in [1.54, 1.807) is 0 Å². The van der Waals surface area contributed by atoms with E-state index >= 15 is 0 Å². The van der Waals surface area contributed by atoms with Crippen LogP contribution >= 0.6 is 0 Å². The molecule has 1 amide bonds. The molecule has 29 heavy (non-hydrogen) atoms. The van der Waals surface area contributed by atoms with Crippen LogP contribution in [0.5, 0.6) is 5.75 Å². The zero-order valence-corrected chi connectivity index (χ0v) is 16.3. The van der Waals surface area contributed by atoms with Gasteiger partial charge in [0.1, 0.15) is 17.2 Å². The highest BCUT2D eigenvalue weighted by molar-refractivity contribution is 5.94. The summed E-state index contributed by atoms with van der Waals surface area (Å²) in [5.74, 6) is -1.76. The Kier molecular flexibility index (Phi) is 6.66. The minimum atomic E-state index is -3.10. The van der Waals surface area contributed by atoms with Gasteiger partial charge in [0, 0.05) is 18.2 Å². The van der Waals surface area contributed by atoms with Crippen molar-refractivity contribution in [1.29, 1.82) is 0 Å². The standard InChI is InChI=1S/C20H25F3N2O4/c1-20(4-5-20)29-17(26)12-25-6-2-13(3-7-25)11-24-18(27)14-8-15(21)10-16(9-14)28-19(22)23/h8-10,13,19H,2-7,11-12H2,1H3,(H,24,27). The molecule has 1 aromatic rings. The maximum Gasteiger partial charge on any atom is 0.387 e. The first-order valence-corrected chi connectivity index (χ1v) is 9.70. The van der Waals surface area contributed by atoms with E-state index in [0.717, 1.165) is 57.0 Å². The molecule has 9 heteroatoms. The number of esters is 1. The molecule has 0 aromatic heterocycles. The number of carbonyl (C=O) groups excluding carboxylic acids is 2. The van der Waals surface area contributed by atoms with E-state index < -0.39 is 24.1 Å². The van der Waals surface area contributed by atoms with Crippen molar-refractivity contribution < 1.29 is 32.2 Å². The van der Waals surface area contributed by atoms with Crippen molar-refractivity contribution in [3.63, 3.8) is 0 Å². The van der Waals surface area contributed by atoms with Crippen LogP contribution in [0, 0.1) is 11.7 Å². The van der Waals surface area contributed by atoms with Gasteiger partial charge in [-0.25, -0.2) is 4.39 Å². The predicted molar refractivity (Wildman–Crippen MR) is 98.3 cm³/mol. The first kappa shape index (κ1) is 21.4. The summed E-state index contributed by atoms with van der Waals surface area (Å²) in [6.45, 7) is 0.933. The SMILES string of the molecule is CC1(OC(=O)CN2CCC(CNC(=O)c3cc(F)cc(OC(F)F)c3)CC2)CC1. The lowest BCUT2D eigenvalue weighted by Gasteiger charge is -2.31. The second kappa shape index (κ2) is 9.02. The van der Waals surface area contributed by atoms with Crippen LogP contribution in [-0.2, 0) is 9.53 Å². The van der Waals surface area contributed by atoms with Crippen molar-refractivity contribution in [2.24, 2.45) is 5.92 Å². The third-order valence-electron chi connectivity index (χ3n) is 5.28. The maximum atomic E-state index is 13.5. The van der Waals surface area contributed by atoms with Gasteiger partial charge in [-0.2, -0.15) is 8.78 Å². The molecule has 0 atom stereocenters. The molecule has 1 aliphatic heterocycles. The average Bonchev–Trinajstić information content (AvgIpc) is 3.36. The van der Waals surface area contributed by atoms with Crippen LogP contribution in [0.25, 0.3) is 0 Å². The van der Waals surface area contributed by atoms with Crippen molar-refractivity contribution in [2.45, 2.75) is 44.8 Å². The first-order valence-electron chi connectivity index (χ1n) is 9.70. The summed E-state index contributed by atoms with van der Waals surface area (Å²) < 4.78 is 47.7. The van der Waals surface area contributed by atoms with Crippen molar-refractivity contribution >= 4 is 11.9 Å². The summed E-state index contributed by atoms with van der Waals surface area (Å²) >= 11 is 0. The van der Waals surface area contributed by atoms with E-state index in [1.807, 2.05) is 11.8 Å². The Bertz CT molecular complexity index is 747. The van der Waals surface area contributed by atoms with Crippen LogP contribution in [0.1, 0.15) is 43.0 Å². The fourth-order valence-corrected chi connectivity index (χ4v) is 3.32. The molecule has 2 aliphatic rings. The van der Waals surface area contributed by atoms with Crippen LogP contribution in [0.15, 0.2) is 18.2 Å². The lowest BCUT2D eigenvalue weighted by molar-refractivity contribution is -0.151. The number of amides is 1. The Morgan fingerprint density at radius 2 is 1.93 bits per heavy atom. The normalized spacial score (nSPS) is 19.1. The second-order valence-electron chi connectivity index (χ2n) is 7.91. The molecule has 3 rings (SSSR count). The van der Waals surface area contributed by atoms with Crippen LogP contribution < -0.4 is 10.1 Å². The predicted octanol–water partition coefficient (Wildman–Crippen LogP) is 2.96. The Morgan fingerprint density at radius 3 is 2.55 bits per heavy atom. The third kappa shape index (κ3) is 6.62. The molecular weight excluding hydrogens is 389 g/mol. The number of carbonyl (C=O) groups is 2. The Balaban J connectivity index is 1.41. The summed E-state index contributed by atoms with van der Waals surface area (Å²) in [6, 6.07) is 2.86. The van der Waals surface area contributed by atoms with Gasteiger partial charge in [-0.3, -0.25) is 14.5 Å². The monoisotopic (exact) mass is 414 g/mol. The Labute approximate surface area is 167 Å². The number of hydrogen-bond acceptors (Lipinski definition) is 5. The molecule has 1 saturated heterocycles. The quantitative estimate of drug-likeness (QED) is 0.663. The third-order valence-corrected chi connectivity index (χ3v) is 5.28. The summed E-state index contributed by atoms with van der Waals surface area (Å²) in [5, 5.41) is 2.71. The molecule has 6 nitrogen and oxygen atoms in total. The second-order valence-corrected chi connectivity index (χ2v) is 7.91. The molecule has 2 fully saturated rings. The van der Waals surface area contributed by atoms with Crippen LogP contribution in [0.2, 0.25) is 0 Å². The number of piperidine rings is 1. The molecule has 160 valence electrons. The first-order chi connectivity index (χ1) is 13.7. The molecule has 1 heterocycles. The number of rotatable bonds is 8. The lowest BCUT2D eigenvalue weighted by Crippen LogP contribution is -2.41. The number of nitrogens with one attached hydrogen (secondary N) is 1. The number of nitrogens with zero attached hydrogens (tertiary/aromatic N) is 1. The topological polar surface area (TPSA) is 67.9 Å². The molecule has 1 N–H and O–H groups in total. The summed E-state index contributed by atoms with van der Waals surface area (Å²) in [7, 11) is 0. The van der Waals surface area contributed by atoms with Gasteiger partial charge >= 0.3 is 12.6 Å². The largest absolute Gasteiger partial charge is 0.458 e. The summed E-state index contributed by atoms with van der Waals surface area (Å²) in [6.07, 6.45) is 3.44. The van der Waals surface area contributed by atoms with E-state index in [1.165, 1.54) is 0 Å². The highest BCUT2D eigenvalue weighted by atomic mass is 19.3. The van der Waals surface area contributed by atoms with E-state index in [4.69, 9.17) is 4.74 Å². The lowest BCUT2D eigenvalue weighted by atomic mass is 9.96. The maximum absolute atomic E-state index is 13.5. The van der Waals surface area contributed by atoms with E-state index in [2.05, 4.69) is 10.1 Å². The number of hydrogen-bond donors (Lipinski definition) is 1.